The first-order valence-corrected chi connectivity index (χ1v) is 7.92. The fourth-order valence-corrected chi connectivity index (χ4v) is 2.09. The van der Waals surface area contributed by atoms with Gasteiger partial charge in [0.1, 0.15) is 11.6 Å². The molecule has 1 amide bonds. The molecule has 6 heteroatoms. The highest BCUT2D eigenvalue weighted by atomic mass is 19.1. The normalized spacial score (nSPS) is 11.5. The Morgan fingerprint density at radius 1 is 1.20 bits per heavy atom. The number of nitrogens with one attached hydrogen (secondary N) is 1. The number of amides is 1. The van der Waals surface area contributed by atoms with Crippen molar-refractivity contribution in [2.75, 3.05) is 11.9 Å². The molecular formula is C19H20FNO4. The zero-order chi connectivity index (χ0) is 18.4. The number of hydrogen-bond acceptors (Lipinski definition) is 4. The lowest BCUT2D eigenvalue weighted by atomic mass is 10.1. The summed E-state index contributed by atoms with van der Waals surface area (Å²) in [6, 6.07) is 11.0. The summed E-state index contributed by atoms with van der Waals surface area (Å²) in [5, 5.41) is 2.66. The molecule has 0 bridgehead atoms. The van der Waals surface area contributed by atoms with Crippen molar-refractivity contribution in [2.45, 2.75) is 26.9 Å². The van der Waals surface area contributed by atoms with Crippen LogP contribution in [0, 0.1) is 12.7 Å². The Kier molecular flexibility index (Phi) is 6.11. The first kappa shape index (κ1) is 18.4. The van der Waals surface area contributed by atoms with Crippen LogP contribution in [0.4, 0.5) is 10.1 Å². The summed E-state index contributed by atoms with van der Waals surface area (Å²) in [5.41, 5.74) is 0.964. The number of aryl methyl sites for hydroxylation is 1. The van der Waals surface area contributed by atoms with Crippen LogP contribution in [-0.4, -0.2) is 24.6 Å². The summed E-state index contributed by atoms with van der Waals surface area (Å²) in [4.78, 5) is 24.3. The van der Waals surface area contributed by atoms with E-state index in [2.05, 4.69) is 5.32 Å². The van der Waals surface area contributed by atoms with Crippen molar-refractivity contribution in [1.82, 2.24) is 0 Å². The van der Waals surface area contributed by atoms with Crippen molar-refractivity contribution in [3.05, 3.63) is 59.4 Å². The summed E-state index contributed by atoms with van der Waals surface area (Å²) in [5.74, 6) is -1.25. The standard InChI is InChI=1S/C19H20FNO4/c1-4-24-17-8-6-5-7-16(17)21-18(22)13(3)25-19(23)14-10-9-12(2)15(20)11-14/h5-11,13H,4H2,1-3H3,(H,21,22)/t13-/m0/s1. The first-order chi connectivity index (χ1) is 11.9. The summed E-state index contributed by atoms with van der Waals surface area (Å²) < 4.78 is 24.1. The van der Waals surface area contributed by atoms with Gasteiger partial charge in [0.25, 0.3) is 5.91 Å². The number of anilines is 1. The van der Waals surface area contributed by atoms with E-state index in [-0.39, 0.29) is 5.56 Å². The van der Waals surface area contributed by atoms with Gasteiger partial charge in [0, 0.05) is 0 Å². The van der Waals surface area contributed by atoms with E-state index in [1.165, 1.54) is 19.1 Å². The van der Waals surface area contributed by atoms with Crippen LogP contribution in [0.25, 0.3) is 0 Å². The number of halogens is 1. The summed E-state index contributed by atoms with van der Waals surface area (Å²) in [7, 11) is 0. The van der Waals surface area contributed by atoms with Gasteiger partial charge >= 0.3 is 5.97 Å². The van der Waals surface area contributed by atoms with Gasteiger partial charge in [-0.25, -0.2) is 9.18 Å². The Hall–Kier alpha value is -2.89. The van der Waals surface area contributed by atoms with Crippen LogP contribution in [0.15, 0.2) is 42.5 Å². The third-order valence-corrected chi connectivity index (χ3v) is 3.51. The lowest BCUT2D eigenvalue weighted by molar-refractivity contribution is -0.123. The molecule has 0 aliphatic carbocycles. The molecule has 0 heterocycles. The molecule has 2 aromatic carbocycles. The van der Waals surface area contributed by atoms with Gasteiger partial charge in [-0.1, -0.05) is 18.2 Å². The van der Waals surface area contributed by atoms with Crippen molar-refractivity contribution >= 4 is 17.6 Å². The number of esters is 1. The van der Waals surface area contributed by atoms with E-state index in [9.17, 15) is 14.0 Å². The van der Waals surface area contributed by atoms with Gasteiger partial charge in [-0.2, -0.15) is 0 Å². The van der Waals surface area contributed by atoms with Crippen LogP contribution in [0.5, 0.6) is 5.75 Å². The van der Waals surface area contributed by atoms with Crippen LogP contribution >= 0.6 is 0 Å². The summed E-state index contributed by atoms with van der Waals surface area (Å²) in [6.45, 7) is 5.33. The van der Waals surface area contributed by atoms with Gasteiger partial charge in [0.15, 0.2) is 6.10 Å². The SMILES string of the molecule is CCOc1ccccc1NC(=O)[C@H](C)OC(=O)c1ccc(C)c(F)c1. The minimum Gasteiger partial charge on any atom is -0.492 e. The van der Waals surface area contributed by atoms with E-state index in [0.29, 0.717) is 23.6 Å². The van der Waals surface area contributed by atoms with Gasteiger partial charge in [0.05, 0.1) is 17.9 Å². The number of carbonyl (C=O) groups is 2. The van der Waals surface area contributed by atoms with E-state index in [0.717, 1.165) is 6.07 Å². The maximum Gasteiger partial charge on any atom is 0.339 e. The van der Waals surface area contributed by atoms with Crippen molar-refractivity contribution in [1.29, 1.82) is 0 Å². The van der Waals surface area contributed by atoms with Crippen LogP contribution in [0.3, 0.4) is 0 Å². The third kappa shape index (κ3) is 4.79. The smallest absolute Gasteiger partial charge is 0.339 e. The molecule has 0 aliphatic rings. The summed E-state index contributed by atoms with van der Waals surface area (Å²) in [6.07, 6.45) is -1.05. The molecule has 25 heavy (non-hydrogen) atoms. The number of ether oxygens (including phenoxy) is 2. The molecule has 0 aromatic heterocycles. The van der Waals surface area contributed by atoms with Crippen LogP contribution in [-0.2, 0) is 9.53 Å². The molecule has 1 N–H and O–H groups in total. The lowest BCUT2D eigenvalue weighted by Crippen LogP contribution is -2.30. The maximum absolute atomic E-state index is 13.5. The molecular weight excluding hydrogens is 325 g/mol. The van der Waals surface area contributed by atoms with Gasteiger partial charge in [-0.15, -0.1) is 0 Å². The zero-order valence-corrected chi connectivity index (χ0v) is 14.3. The molecule has 132 valence electrons. The van der Waals surface area contributed by atoms with E-state index >= 15 is 0 Å². The zero-order valence-electron chi connectivity index (χ0n) is 14.3. The Balaban J connectivity index is 2.02. The van der Waals surface area contributed by atoms with E-state index in [4.69, 9.17) is 9.47 Å². The van der Waals surface area contributed by atoms with Crippen molar-refractivity contribution in [2.24, 2.45) is 0 Å². The largest absolute Gasteiger partial charge is 0.492 e. The fraction of sp³-hybridized carbons (Fsp3) is 0.263. The molecule has 5 nitrogen and oxygen atoms in total. The molecule has 1 atom stereocenters. The van der Waals surface area contributed by atoms with E-state index in [1.807, 2.05) is 6.92 Å². The van der Waals surface area contributed by atoms with Crippen molar-refractivity contribution < 1.29 is 23.5 Å². The molecule has 2 rings (SSSR count). The van der Waals surface area contributed by atoms with Crippen LogP contribution in [0.2, 0.25) is 0 Å². The molecule has 2 aromatic rings. The van der Waals surface area contributed by atoms with E-state index in [1.54, 1.807) is 31.2 Å². The number of rotatable bonds is 6. The predicted molar refractivity (Wildman–Crippen MR) is 92.3 cm³/mol. The number of benzene rings is 2. The Morgan fingerprint density at radius 2 is 1.92 bits per heavy atom. The van der Waals surface area contributed by atoms with E-state index < -0.39 is 23.8 Å². The number of para-hydroxylation sites is 2. The number of hydrogen-bond donors (Lipinski definition) is 1. The third-order valence-electron chi connectivity index (χ3n) is 3.51. The molecule has 0 radical (unpaired) electrons. The second kappa shape index (κ2) is 8.28. The van der Waals surface area contributed by atoms with Crippen molar-refractivity contribution in [3.63, 3.8) is 0 Å². The molecule has 0 fully saturated rings. The average molecular weight is 345 g/mol. The monoisotopic (exact) mass is 345 g/mol. The minimum absolute atomic E-state index is 0.0532. The summed E-state index contributed by atoms with van der Waals surface area (Å²) >= 11 is 0. The van der Waals surface area contributed by atoms with Gasteiger partial charge in [0.2, 0.25) is 0 Å². The van der Waals surface area contributed by atoms with Gasteiger partial charge < -0.3 is 14.8 Å². The Bertz CT molecular complexity index is 776. The molecule has 0 saturated carbocycles. The lowest BCUT2D eigenvalue weighted by Gasteiger charge is -2.15. The first-order valence-electron chi connectivity index (χ1n) is 7.92. The molecule has 0 spiro atoms. The Morgan fingerprint density at radius 3 is 2.60 bits per heavy atom. The Labute approximate surface area is 145 Å². The quantitative estimate of drug-likeness (QED) is 0.811. The maximum atomic E-state index is 13.5. The highest BCUT2D eigenvalue weighted by Gasteiger charge is 2.20. The molecule has 0 saturated heterocycles. The molecule has 0 unspecified atom stereocenters. The second-order valence-electron chi connectivity index (χ2n) is 5.43. The van der Waals surface area contributed by atoms with Crippen molar-refractivity contribution in [3.8, 4) is 5.75 Å². The highest BCUT2D eigenvalue weighted by molar-refractivity contribution is 5.98. The van der Waals surface area contributed by atoms with Crippen LogP contribution < -0.4 is 10.1 Å². The second-order valence-corrected chi connectivity index (χ2v) is 5.43. The topological polar surface area (TPSA) is 64.6 Å². The van der Waals surface area contributed by atoms with Gasteiger partial charge in [-0.05, 0) is 50.6 Å². The minimum atomic E-state index is -1.05. The predicted octanol–water partition coefficient (Wildman–Crippen LogP) is 3.72. The van der Waals surface area contributed by atoms with Gasteiger partial charge in [-0.3, -0.25) is 4.79 Å². The molecule has 0 aliphatic heterocycles. The average Bonchev–Trinajstić information content (AvgIpc) is 2.59. The number of carbonyl (C=O) groups excluding carboxylic acids is 2. The van der Waals surface area contributed by atoms with Crippen LogP contribution in [0.1, 0.15) is 29.8 Å². The highest BCUT2D eigenvalue weighted by Crippen LogP contribution is 2.24. The fourth-order valence-electron chi connectivity index (χ4n) is 2.09.